The fourth-order valence-corrected chi connectivity index (χ4v) is 1.56. The molecule has 2 rings (SSSR count). The molecule has 0 fully saturated rings. The van der Waals surface area contributed by atoms with Crippen LogP contribution in [-0.2, 0) is 0 Å². The lowest BCUT2D eigenvalue weighted by Crippen LogP contribution is -1.95. The summed E-state index contributed by atoms with van der Waals surface area (Å²) >= 11 is 6.01. The third-order valence-corrected chi connectivity index (χ3v) is 2.29. The van der Waals surface area contributed by atoms with Crippen molar-refractivity contribution in [3.05, 3.63) is 53.3 Å². The summed E-state index contributed by atoms with van der Waals surface area (Å²) in [6, 6.07) is 13.1. The monoisotopic (exact) mass is 202 g/mol. The molecule has 0 saturated heterocycles. The van der Waals surface area contributed by atoms with Gasteiger partial charge in [0.1, 0.15) is 11.8 Å². The van der Waals surface area contributed by atoms with Gasteiger partial charge in [-0.15, -0.1) is 0 Å². The molecule has 0 radical (unpaired) electrons. The molecule has 0 aliphatic heterocycles. The molecule has 0 aliphatic carbocycles. The van der Waals surface area contributed by atoms with Crippen LogP contribution in [0.4, 0.5) is 0 Å². The summed E-state index contributed by atoms with van der Waals surface area (Å²) in [4.78, 5) is 0. The molecule has 1 aromatic carbocycles. The van der Waals surface area contributed by atoms with Crippen molar-refractivity contribution in [3.8, 4) is 11.8 Å². The second kappa shape index (κ2) is 3.57. The minimum Gasteiger partial charge on any atom is -0.307 e. The molecular formula is C11H7ClN2. The van der Waals surface area contributed by atoms with Gasteiger partial charge >= 0.3 is 0 Å². The predicted octanol–water partition coefficient (Wildman–Crippen LogP) is 3.00. The number of benzene rings is 1. The number of nitrogens with zero attached hydrogens (tertiary/aromatic N) is 2. The van der Waals surface area contributed by atoms with E-state index in [1.807, 2.05) is 30.5 Å². The van der Waals surface area contributed by atoms with E-state index in [4.69, 9.17) is 16.9 Å². The van der Waals surface area contributed by atoms with Crippen molar-refractivity contribution in [2.45, 2.75) is 0 Å². The Balaban J connectivity index is 2.62. The molecular weight excluding hydrogens is 196 g/mol. The summed E-state index contributed by atoms with van der Waals surface area (Å²) < 4.78 is 1.77. The normalized spacial score (nSPS) is 9.71. The molecule has 0 spiro atoms. The molecule has 0 atom stereocenters. The van der Waals surface area contributed by atoms with Gasteiger partial charge in [-0.3, -0.25) is 0 Å². The first-order chi connectivity index (χ1) is 6.83. The van der Waals surface area contributed by atoms with E-state index in [-0.39, 0.29) is 0 Å². The highest BCUT2D eigenvalue weighted by Crippen LogP contribution is 2.21. The average molecular weight is 203 g/mol. The van der Waals surface area contributed by atoms with Crippen molar-refractivity contribution in [2.75, 3.05) is 0 Å². The topological polar surface area (TPSA) is 28.7 Å². The molecule has 0 amide bonds. The van der Waals surface area contributed by atoms with Gasteiger partial charge < -0.3 is 4.57 Å². The van der Waals surface area contributed by atoms with Gasteiger partial charge in [-0.1, -0.05) is 23.7 Å². The van der Waals surface area contributed by atoms with Crippen LogP contribution >= 0.6 is 11.6 Å². The largest absolute Gasteiger partial charge is 0.307 e. The number of nitriles is 1. The SMILES string of the molecule is N#Cc1cccn1-c1ccccc1Cl. The van der Waals surface area contributed by atoms with Gasteiger partial charge in [-0.2, -0.15) is 5.26 Å². The van der Waals surface area contributed by atoms with Gasteiger partial charge in [-0.05, 0) is 24.3 Å². The van der Waals surface area contributed by atoms with Crippen molar-refractivity contribution in [2.24, 2.45) is 0 Å². The Hall–Kier alpha value is -1.72. The van der Waals surface area contributed by atoms with E-state index in [0.717, 1.165) is 5.69 Å². The van der Waals surface area contributed by atoms with Gasteiger partial charge in [0.05, 0.1) is 10.7 Å². The Kier molecular flexibility index (Phi) is 2.26. The number of aromatic nitrogens is 1. The first kappa shape index (κ1) is 8.86. The predicted molar refractivity (Wildman–Crippen MR) is 55.5 cm³/mol. The van der Waals surface area contributed by atoms with Crippen LogP contribution in [0.5, 0.6) is 0 Å². The molecule has 68 valence electrons. The van der Waals surface area contributed by atoms with Crippen molar-refractivity contribution in [1.82, 2.24) is 4.57 Å². The number of hydrogen-bond donors (Lipinski definition) is 0. The van der Waals surface area contributed by atoms with E-state index in [2.05, 4.69) is 6.07 Å². The molecule has 2 nitrogen and oxygen atoms in total. The first-order valence-corrected chi connectivity index (χ1v) is 4.53. The second-order valence-corrected chi connectivity index (χ2v) is 3.23. The van der Waals surface area contributed by atoms with Crippen LogP contribution < -0.4 is 0 Å². The second-order valence-electron chi connectivity index (χ2n) is 2.83. The van der Waals surface area contributed by atoms with E-state index >= 15 is 0 Å². The third kappa shape index (κ3) is 1.39. The zero-order valence-corrected chi connectivity index (χ0v) is 8.07. The van der Waals surface area contributed by atoms with Crippen LogP contribution in [0.15, 0.2) is 42.6 Å². The van der Waals surface area contributed by atoms with Crippen LogP contribution in [0, 0.1) is 11.3 Å². The summed E-state index contributed by atoms with van der Waals surface area (Å²) in [5, 5.41) is 9.48. The lowest BCUT2D eigenvalue weighted by molar-refractivity contribution is 1.05. The van der Waals surface area contributed by atoms with Crippen LogP contribution in [0.1, 0.15) is 5.69 Å². The summed E-state index contributed by atoms with van der Waals surface area (Å²) in [6.07, 6.45) is 1.82. The van der Waals surface area contributed by atoms with Crippen molar-refractivity contribution < 1.29 is 0 Å². The van der Waals surface area contributed by atoms with Gasteiger partial charge in [-0.25, -0.2) is 0 Å². The van der Waals surface area contributed by atoms with Crippen LogP contribution in [-0.4, -0.2) is 4.57 Å². The number of halogens is 1. The molecule has 1 aromatic heterocycles. The highest BCUT2D eigenvalue weighted by Gasteiger charge is 2.04. The van der Waals surface area contributed by atoms with Crippen LogP contribution in [0.25, 0.3) is 5.69 Å². The van der Waals surface area contributed by atoms with Crippen molar-refractivity contribution >= 4 is 11.6 Å². The molecule has 0 saturated carbocycles. The molecule has 2 aromatic rings. The highest BCUT2D eigenvalue weighted by atomic mass is 35.5. The summed E-state index contributed by atoms with van der Waals surface area (Å²) in [5.74, 6) is 0. The molecule has 3 heteroatoms. The third-order valence-electron chi connectivity index (χ3n) is 1.98. The average Bonchev–Trinajstić information content (AvgIpc) is 2.66. The minimum atomic E-state index is 0.582. The fourth-order valence-electron chi connectivity index (χ4n) is 1.33. The lowest BCUT2D eigenvalue weighted by Gasteiger charge is -2.05. The Morgan fingerprint density at radius 2 is 1.93 bits per heavy atom. The van der Waals surface area contributed by atoms with E-state index in [1.165, 1.54) is 0 Å². The van der Waals surface area contributed by atoms with Crippen LogP contribution in [0.2, 0.25) is 5.02 Å². The van der Waals surface area contributed by atoms with E-state index in [9.17, 15) is 0 Å². The molecule has 0 aliphatic rings. The van der Waals surface area contributed by atoms with E-state index < -0.39 is 0 Å². The van der Waals surface area contributed by atoms with Crippen molar-refractivity contribution in [3.63, 3.8) is 0 Å². The van der Waals surface area contributed by atoms with Crippen LogP contribution in [0.3, 0.4) is 0 Å². The maximum absolute atomic E-state index is 8.85. The molecule has 0 N–H and O–H groups in total. The number of para-hydroxylation sites is 1. The molecule has 0 unspecified atom stereocenters. The van der Waals surface area contributed by atoms with Gasteiger partial charge in [0.25, 0.3) is 0 Å². The summed E-state index contributed by atoms with van der Waals surface area (Å²) in [6.45, 7) is 0. The summed E-state index contributed by atoms with van der Waals surface area (Å²) in [7, 11) is 0. The zero-order valence-electron chi connectivity index (χ0n) is 7.31. The zero-order chi connectivity index (χ0) is 9.97. The van der Waals surface area contributed by atoms with Gasteiger partial charge in [0.15, 0.2) is 0 Å². The smallest absolute Gasteiger partial charge is 0.124 e. The molecule has 0 bridgehead atoms. The highest BCUT2D eigenvalue weighted by molar-refractivity contribution is 6.32. The Morgan fingerprint density at radius 1 is 1.14 bits per heavy atom. The fraction of sp³-hybridized carbons (Fsp3) is 0. The van der Waals surface area contributed by atoms with E-state index in [0.29, 0.717) is 10.7 Å². The number of rotatable bonds is 1. The van der Waals surface area contributed by atoms with Gasteiger partial charge in [0, 0.05) is 6.20 Å². The summed E-state index contributed by atoms with van der Waals surface area (Å²) in [5.41, 5.74) is 1.41. The Morgan fingerprint density at radius 3 is 2.64 bits per heavy atom. The maximum atomic E-state index is 8.85. The lowest BCUT2D eigenvalue weighted by atomic mass is 10.3. The standard InChI is InChI=1S/C11H7ClN2/c12-10-5-1-2-6-11(10)14-7-3-4-9(14)8-13/h1-7H. The van der Waals surface area contributed by atoms with Crippen molar-refractivity contribution in [1.29, 1.82) is 5.26 Å². The quantitative estimate of drug-likeness (QED) is 0.699. The minimum absolute atomic E-state index is 0.582. The van der Waals surface area contributed by atoms with Gasteiger partial charge in [0.2, 0.25) is 0 Å². The first-order valence-electron chi connectivity index (χ1n) is 4.15. The Bertz CT molecular complexity index is 494. The number of hydrogen-bond acceptors (Lipinski definition) is 1. The Labute approximate surface area is 87.0 Å². The maximum Gasteiger partial charge on any atom is 0.124 e. The molecule has 1 heterocycles. The van der Waals surface area contributed by atoms with E-state index in [1.54, 1.807) is 16.7 Å². The molecule has 14 heavy (non-hydrogen) atoms.